The Morgan fingerprint density at radius 3 is 2.63 bits per heavy atom. The lowest BCUT2D eigenvalue weighted by Gasteiger charge is -2.12. The number of alkyl halides is 3. The van der Waals surface area contributed by atoms with Crippen LogP contribution in [0, 0.1) is 6.92 Å². The Labute approximate surface area is 106 Å². The van der Waals surface area contributed by atoms with Gasteiger partial charge in [0.2, 0.25) is 0 Å². The molecule has 5 nitrogen and oxygen atoms in total. The van der Waals surface area contributed by atoms with Crippen LogP contribution in [0.4, 0.5) is 18.9 Å². The SMILES string of the molecule is Cc1nccn1-c1ncccc1NC(=O)C(F)(F)F. The van der Waals surface area contributed by atoms with Gasteiger partial charge in [-0.1, -0.05) is 0 Å². The summed E-state index contributed by atoms with van der Waals surface area (Å²) in [6, 6.07) is 2.77. The molecule has 0 aromatic carbocycles. The van der Waals surface area contributed by atoms with Crippen molar-refractivity contribution in [3.05, 3.63) is 36.5 Å². The van der Waals surface area contributed by atoms with Crippen LogP contribution in [0.1, 0.15) is 5.82 Å². The number of aryl methyl sites for hydroxylation is 1. The van der Waals surface area contributed by atoms with Crippen molar-refractivity contribution in [2.75, 3.05) is 5.32 Å². The van der Waals surface area contributed by atoms with Crippen LogP contribution in [-0.2, 0) is 4.79 Å². The van der Waals surface area contributed by atoms with E-state index in [-0.39, 0.29) is 11.5 Å². The largest absolute Gasteiger partial charge is 0.471 e. The molecule has 0 saturated heterocycles. The maximum Gasteiger partial charge on any atom is 0.471 e. The van der Waals surface area contributed by atoms with E-state index >= 15 is 0 Å². The van der Waals surface area contributed by atoms with Crippen molar-refractivity contribution in [3.8, 4) is 5.82 Å². The summed E-state index contributed by atoms with van der Waals surface area (Å²) >= 11 is 0. The third-order valence-electron chi connectivity index (χ3n) is 2.35. The Morgan fingerprint density at radius 1 is 1.32 bits per heavy atom. The first-order valence-electron chi connectivity index (χ1n) is 5.23. The second-order valence-corrected chi connectivity index (χ2v) is 3.67. The highest BCUT2D eigenvalue weighted by atomic mass is 19.4. The summed E-state index contributed by atoms with van der Waals surface area (Å²) < 4.78 is 38.2. The van der Waals surface area contributed by atoms with Crippen molar-refractivity contribution in [2.45, 2.75) is 13.1 Å². The molecule has 2 aromatic rings. The number of imidazole rings is 1. The number of nitrogens with zero attached hydrogens (tertiary/aromatic N) is 3. The zero-order valence-electron chi connectivity index (χ0n) is 9.77. The minimum Gasteiger partial charge on any atom is -0.315 e. The van der Waals surface area contributed by atoms with Crippen molar-refractivity contribution in [1.29, 1.82) is 0 Å². The fourth-order valence-electron chi connectivity index (χ4n) is 1.48. The molecule has 0 fully saturated rings. The Bertz CT molecular complexity index is 606. The number of hydrogen-bond donors (Lipinski definition) is 1. The fourth-order valence-corrected chi connectivity index (χ4v) is 1.48. The molecule has 0 aliphatic carbocycles. The van der Waals surface area contributed by atoms with Gasteiger partial charge in [-0.2, -0.15) is 13.2 Å². The van der Waals surface area contributed by atoms with Gasteiger partial charge >= 0.3 is 12.1 Å². The molecule has 0 bridgehead atoms. The van der Waals surface area contributed by atoms with Crippen LogP contribution in [-0.4, -0.2) is 26.6 Å². The van der Waals surface area contributed by atoms with Crippen molar-refractivity contribution in [1.82, 2.24) is 14.5 Å². The molecule has 0 aliphatic rings. The summed E-state index contributed by atoms with van der Waals surface area (Å²) in [6.45, 7) is 1.67. The Kier molecular flexibility index (Phi) is 3.24. The first kappa shape index (κ1) is 13.1. The number of rotatable bonds is 2. The highest BCUT2D eigenvalue weighted by Crippen LogP contribution is 2.22. The van der Waals surface area contributed by atoms with Gasteiger partial charge in [-0.15, -0.1) is 0 Å². The number of amides is 1. The minimum absolute atomic E-state index is 0.0362. The number of carbonyl (C=O) groups excluding carboxylic acids is 1. The maximum absolute atomic E-state index is 12.2. The van der Waals surface area contributed by atoms with Gasteiger partial charge in [-0.3, -0.25) is 9.36 Å². The third kappa shape index (κ3) is 2.72. The van der Waals surface area contributed by atoms with Gasteiger partial charge in [0.25, 0.3) is 0 Å². The molecule has 19 heavy (non-hydrogen) atoms. The molecule has 2 rings (SSSR count). The van der Waals surface area contributed by atoms with Crippen LogP contribution >= 0.6 is 0 Å². The summed E-state index contributed by atoms with van der Waals surface area (Å²) in [6.07, 6.45) is -0.505. The number of nitrogens with one attached hydrogen (secondary N) is 1. The van der Waals surface area contributed by atoms with Crippen molar-refractivity contribution in [2.24, 2.45) is 0 Å². The lowest BCUT2D eigenvalue weighted by molar-refractivity contribution is -0.167. The van der Waals surface area contributed by atoms with Gasteiger partial charge in [0.05, 0.1) is 5.69 Å². The highest BCUT2D eigenvalue weighted by molar-refractivity contribution is 5.96. The summed E-state index contributed by atoms with van der Waals surface area (Å²) in [4.78, 5) is 18.9. The molecule has 0 radical (unpaired) electrons. The number of anilines is 1. The minimum atomic E-state index is -4.95. The molecule has 2 aromatic heterocycles. The molecule has 1 amide bonds. The predicted octanol–water partition coefficient (Wildman–Crippen LogP) is 2.08. The van der Waals surface area contributed by atoms with E-state index < -0.39 is 12.1 Å². The van der Waals surface area contributed by atoms with Crippen LogP contribution in [0.2, 0.25) is 0 Å². The summed E-state index contributed by atoms with van der Waals surface area (Å²) in [5.41, 5.74) is -0.0362. The van der Waals surface area contributed by atoms with Crippen LogP contribution in [0.3, 0.4) is 0 Å². The standard InChI is InChI=1S/C11H9F3N4O/c1-7-15-5-6-18(7)9-8(3-2-4-16-9)17-10(19)11(12,13)14/h2-6H,1H3,(H,17,19). The van der Waals surface area contributed by atoms with Crippen molar-refractivity contribution < 1.29 is 18.0 Å². The van der Waals surface area contributed by atoms with Gasteiger partial charge in [-0.05, 0) is 19.1 Å². The van der Waals surface area contributed by atoms with Crippen LogP contribution in [0.15, 0.2) is 30.7 Å². The number of carbonyl (C=O) groups is 1. The fraction of sp³-hybridized carbons (Fsp3) is 0.182. The van der Waals surface area contributed by atoms with E-state index in [0.717, 1.165) is 0 Å². The second-order valence-electron chi connectivity index (χ2n) is 3.67. The van der Waals surface area contributed by atoms with E-state index in [0.29, 0.717) is 5.82 Å². The smallest absolute Gasteiger partial charge is 0.315 e. The zero-order chi connectivity index (χ0) is 14.0. The van der Waals surface area contributed by atoms with Crippen LogP contribution in [0.5, 0.6) is 0 Å². The average Bonchev–Trinajstić information content (AvgIpc) is 2.75. The molecule has 100 valence electrons. The van der Waals surface area contributed by atoms with E-state index in [2.05, 4.69) is 9.97 Å². The van der Waals surface area contributed by atoms with E-state index in [4.69, 9.17) is 0 Å². The summed E-state index contributed by atoms with van der Waals surface area (Å²) in [5, 5.41) is 1.79. The third-order valence-corrected chi connectivity index (χ3v) is 2.35. The lowest BCUT2D eigenvalue weighted by Crippen LogP contribution is -2.30. The first-order chi connectivity index (χ1) is 8.89. The summed E-state index contributed by atoms with van der Waals surface area (Å²) in [5.74, 6) is -1.32. The van der Waals surface area contributed by atoms with Gasteiger partial charge in [0.15, 0.2) is 5.82 Å². The number of halogens is 3. The molecular formula is C11H9F3N4O. The predicted molar refractivity (Wildman–Crippen MR) is 60.8 cm³/mol. The van der Waals surface area contributed by atoms with E-state index in [1.54, 1.807) is 18.4 Å². The molecule has 0 saturated carbocycles. The van der Waals surface area contributed by atoms with E-state index in [1.807, 2.05) is 0 Å². The highest BCUT2D eigenvalue weighted by Gasteiger charge is 2.39. The number of aromatic nitrogens is 3. The Morgan fingerprint density at radius 2 is 2.05 bits per heavy atom. The van der Waals surface area contributed by atoms with Gasteiger partial charge in [0, 0.05) is 18.6 Å². The molecular weight excluding hydrogens is 261 g/mol. The second kappa shape index (κ2) is 4.71. The number of hydrogen-bond acceptors (Lipinski definition) is 3. The average molecular weight is 270 g/mol. The number of pyridine rings is 1. The van der Waals surface area contributed by atoms with Crippen molar-refractivity contribution in [3.63, 3.8) is 0 Å². The van der Waals surface area contributed by atoms with E-state index in [1.165, 1.54) is 29.1 Å². The monoisotopic (exact) mass is 270 g/mol. The molecule has 0 unspecified atom stereocenters. The first-order valence-corrected chi connectivity index (χ1v) is 5.23. The lowest BCUT2D eigenvalue weighted by atomic mass is 10.3. The Hall–Kier alpha value is -2.38. The normalized spacial score (nSPS) is 11.4. The van der Waals surface area contributed by atoms with Crippen LogP contribution < -0.4 is 5.32 Å². The van der Waals surface area contributed by atoms with Gasteiger partial charge < -0.3 is 5.32 Å². The molecule has 0 atom stereocenters. The summed E-state index contributed by atoms with van der Waals surface area (Å²) in [7, 11) is 0. The Balaban J connectivity index is 2.38. The zero-order valence-corrected chi connectivity index (χ0v) is 9.77. The molecule has 0 aliphatic heterocycles. The quantitative estimate of drug-likeness (QED) is 0.908. The van der Waals surface area contributed by atoms with Gasteiger partial charge in [0.1, 0.15) is 5.82 Å². The molecule has 1 N–H and O–H groups in total. The van der Waals surface area contributed by atoms with E-state index in [9.17, 15) is 18.0 Å². The molecule has 2 heterocycles. The van der Waals surface area contributed by atoms with Gasteiger partial charge in [-0.25, -0.2) is 9.97 Å². The van der Waals surface area contributed by atoms with Crippen molar-refractivity contribution >= 4 is 11.6 Å². The topological polar surface area (TPSA) is 59.8 Å². The molecule has 8 heteroatoms. The molecule has 0 spiro atoms. The maximum atomic E-state index is 12.2. The van der Waals surface area contributed by atoms with Crippen LogP contribution in [0.25, 0.3) is 5.82 Å².